The Morgan fingerprint density at radius 3 is 2.78 bits per heavy atom. The fourth-order valence-electron chi connectivity index (χ4n) is 1.39. The molecule has 3 nitrogen and oxygen atoms in total. The van der Waals surface area contributed by atoms with Crippen molar-refractivity contribution < 1.29 is 19.0 Å². The summed E-state index contributed by atoms with van der Waals surface area (Å²) in [6, 6.07) is 4.22. The second kappa shape index (κ2) is 6.97. The van der Waals surface area contributed by atoms with E-state index >= 15 is 0 Å². The van der Waals surface area contributed by atoms with Crippen LogP contribution in [0, 0.1) is 5.82 Å². The number of hydrogen-bond acceptors (Lipinski definition) is 4. The van der Waals surface area contributed by atoms with Crippen LogP contribution in [-0.2, 0) is 9.53 Å². The van der Waals surface area contributed by atoms with Crippen molar-refractivity contribution in [3.63, 3.8) is 0 Å². The van der Waals surface area contributed by atoms with Gasteiger partial charge in [-0.1, -0.05) is 24.6 Å². The van der Waals surface area contributed by atoms with Crippen LogP contribution in [0.3, 0.4) is 0 Å². The monoisotopic (exact) mass is 292 g/mol. The fraction of sp³-hybridized carbons (Fsp3) is 0.417. The zero-order valence-corrected chi connectivity index (χ0v) is 11.6. The van der Waals surface area contributed by atoms with E-state index in [1.54, 1.807) is 6.92 Å². The maximum atomic E-state index is 13.8. The summed E-state index contributed by atoms with van der Waals surface area (Å²) in [5, 5.41) is 8.08. The summed E-state index contributed by atoms with van der Waals surface area (Å²) in [5.74, 6) is -1.15. The molecule has 0 aliphatic carbocycles. The third-order valence-corrected chi connectivity index (χ3v) is 3.95. The molecule has 18 heavy (non-hydrogen) atoms. The standard InChI is InChI=1S/C12H14ClFO3S/c1-7(6-15)18-11(12(16)17-2)10-8(13)4-3-5-9(10)14/h3-5,7,11,15H,6H2,1-2H3/t7-,11-/m1/s1. The van der Waals surface area contributed by atoms with Crippen LogP contribution in [-0.4, -0.2) is 30.0 Å². The Hall–Kier alpha value is -0.780. The van der Waals surface area contributed by atoms with E-state index in [9.17, 15) is 9.18 Å². The molecule has 0 amide bonds. The molecule has 0 bridgehead atoms. The van der Waals surface area contributed by atoms with E-state index in [0.29, 0.717) is 0 Å². The Morgan fingerprint density at radius 1 is 1.61 bits per heavy atom. The molecule has 0 spiro atoms. The minimum absolute atomic E-state index is 0.0938. The highest BCUT2D eigenvalue weighted by molar-refractivity contribution is 8.00. The number of aliphatic hydroxyl groups excluding tert-OH is 1. The summed E-state index contributed by atoms with van der Waals surface area (Å²) < 4.78 is 18.4. The molecule has 0 unspecified atom stereocenters. The minimum atomic E-state index is -0.883. The van der Waals surface area contributed by atoms with Crippen molar-refractivity contribution in [1.29, 1.82) is 0 Å². The van der Waals surface area contributed by atoms with Gasteiger partial charge in [0.2, 0.25) is 0 Å². The van der Waals surface area contributed by atoms with Gasteiger partial charge < -0.3 is 9.84 Å². The van der Waals surface area contributed by atoms with E-state index in [1.807, 2.05) is 0 Å². The van der Waals surface area contributed by atoms with Gasteiger partial charge in [0, 0.05) is 15.8 Å². The zero-order valence-electron chi connectivity index (χ0n) is 10.0. The summed E-state index contributed by atoms with van der Waals surface area (Å²) in [5.41, 5.74) is 0.0938. The van der Waals surface area contributed by atoms with Crippen molar-refractivity contribution in [2.24, 2.45) is 0 Å². The lowest BCUT2D eigenvalue weighted by molar-refractivity contribution is -0.140. The number of methoxy groups -OCH3 is 1. The predicted molar refractivity (Wildman–Crippen MR) is 70.3 cm³/mol. The topological polar surface area (TPSA) is 46.5 Å². The summed E-state index contributed by atoms with van der Waals surface area (Å²) in [6.07, 6.45) is 0. The molecule has 0 saturated carbocycles. The van der Waals surface area contributed by atoms with Crippen LogP contribution in [0.15, 0.2) is 18.2 Å². The Labute approximate surface area is 114 Å². The summed E-state index contributed by atoms with van der Waals surface area (Å²) >= 11 is 7.04. The van der Waals surface area contributed by atoms with Crippen molar-refractivity contribution in [1.82, 2.24) is 0 Å². The van der Waals surface area contributed by atoms with Gasteiger partial charge in [0.25, 0.3) is 0 Å². The normalized spacial score (nSPS) is 14.1. The largest absolute Gasteiger partial charge is 0.468 e. The minimum Gasteiger partial charge on any atom is -0.468 e. The molecule has 100 valence electrons. The van der Waals surface area contributed by atoms with E-state index in [-0.39, 0.29) is 22.4 Å². The number of ether oxygens (including phenoxy) is 1. The van der Waals surface area contributed by atoms with Gasteiger partial charge in [0.15, 0.2) is 0 Å². The lowest BCUT2D eigenvalue weighted by atomic mass is 10.1. The highest BCUT2D eigenvalue weighted by Gasteiger charge is 2.29. The maximum Gasteiger partial charge on any atom is 0.323 e. The summed E-state index contributed by atoms with van der Waals surface area (Å²) in [7, 11) is 1.23. The second-order valence-electron chi connectivity index (χ2n) is 3.67. The molecule has 0 aromatic heterocycles. The molecule has 1 aromatic carbocycles. The van der Waals surface area contributed by atoms with Gasteiger partial charge in [-0.2, -0.15) is 0 Å². The van der Waals surface area contributed by atoms with Crippen molar-refractivity contribution in [2.45, 2.75) is 17.4 Å². The van der Waals surface area contributed by atoms with Crippen LogP contribution in [0.2, 0.25) is 5.02 Å². The Bertz CT molecular complexity index is 408. The molecular formula is C12H14ClFO3S. The number of esters is 1. The quantitative estimate of drug-likeness (QED) is 0.848. The number of carbonyl (C=O) groups is 1. The van der Waals surface area contributed by atoms with Crippen LogP contribution >= 0.6 is 23.4 Å². The molecule has 1 rings (SSSR count). The fourth-order valence-corrected chi connectivity index (χ4v) is 2.86. The van der Waals surface area contributed by atoms with Crippen LogP contribution in [0.5, 0.6) is 0 Å². The number of carbonyl (C=O) groups excluding carboxylic acids is 1. The molecule has 0 aliphatic heterocycles. The third-order valence-electron chi connectivity index (χ3n) is 2.30. The Balaban J connectivity index is 3.13. The molecular weight excluding hydrogens is 279 g/mol. The third kappa shape index (κ3) is 3.60. The van der Waals surface area contributed by atoms with E-state index in [0.717, 1.165) is 11.8 Å². The van der Waals surface area contributed by atoms with Gasteiger partial charge in [-0.05, 0) is 12.1 Å². The first-order chi connectivity index (χ1) is 8.51. The highest BCUT2D eigenvalue weighted by atomic mass is 35.5. The van der Waals surface area contributed by atoms with E-state index in [4.69, 9.17) is 16.7 Å². The van der Waals surface area contributed by atoms with Gasteiger partial charge in [0.05, 0.1) is 13.7 Å². The number of benzene rings is 1. The first-order valence-electron chi connectivity index (χ1n) is 5.29. The van der Waals surface area contributed by atoms with Crippen molar-refractivity contribution >= 4 is 29.3 Å². The smallest absolute Gasteiger partial charge is 0.323 e. The zero-order chi connectivity index (χ0) is 13.7. The van der Waals surface area contributed by atoms with Crippen molar-refractivity contribution in [3.8, 4) is 0 Å². The molecule has 1 N–H and O–H groups in total. The first-order valence-corrected chi connectivity index (χ1v) is 6.61. The van der Waals surface area contributed by atoms with Gasteiger partial charge >= 0.3 is 5.97 Å². The van der Waals surface area contributed by atoms with E-state index < -0.39 is 17.0 Å². The molecule has 0 radical (unpaired) electrons. The van der Waals surface area contributed by atoms with Crippen LogP contribution in [0.1, 0.15) is 17.7 Å². The van der Waals surface area contributed by atoms with Gasteiger partial charge in [-0.25, -0.2) is 4.39 Å². The maximum absolute atomic E-state index is 13.8. The number of aliphatic hydroxyl groups is 1. The Kier molecular flexibility index (Phi) is 5.91. The number of halogens is 2. The van der Waals surface area contributed by atoms with Gasteiger partial charge in [-0.3, -0.25) is 4.79 Å². The molecule has 1 aromatic rings. The molecule has 2 atom stereocenters. The predicted octanol–water partition coefficient (Wildman–Crippen LogP) is 2.81. The summed E-state index contributed by atoms with van der Waals surface area (Å²) in [6.45, 7) is 1.61. The average molecular weight is 293 g/mol. The summed E-state index contributed by atoms with van der Waals surface area (Å²) in [4.78, 5) is 11.7. The number of hydrogen-bond donors (Lipinski definition) is 1. The highest BCUT2D eigenvalue weighted by Crippen LogP contribution is 2.38. The van der Waals surface area contributed by atoms with E-state index in [2.05, 4.69) is 4.74 Å². The lowest BCUT2D eigenvalue weighted by Gasteiger charge is -2.19. The van der Waals surface area contributed by atoms with Crippen LogP contribution < -0.4 is 0 Å². The van der Waals surface area contributed by atoms with Crippen LogP contribution in [0.25, 0.3) is 0 Å². The molecule has 0 saturated heterocycles. The SMILES string of the molecule is COC(=O)[C@H](S[C@H](C)CO)c1c(F)cccc1Cl. The number of rotatable bonds is 5. The molecule has 0 heterocycles. The molecule has 0 aliphatic rings. The van der Waals surface area contributed by atoms with Crippen molar-refractivity contribution in [2.75, 3.05) is 13.7 Å². The second-order valence-corrected chi connectivity index (χ2v) is 5.62. The number of thioether (sulfide) groups is 1. The van der Waals surface area contributed by atoms with E-state index in [1.165, 1.54) is 25.3 Å². The Morgan fingerprint density at radius 2 is 2.28 bits per heavy atom. The lowest BCUT2D eigenvalue weighted by Crippen LogP contribution is -2.17. The average Bonchev–Trinajstić information content (AvgIpc) is 2.36. The van der Waals surface area contributed by atoms with Crippen molar-refractivity contribution in [3.05, 3.63) is 34.6 Å². The van der Waals surface area contributed by atoms with Crippen LogP contribution in [0.4, 0.5) is 4.39 Å². The molecule has 6 heteroatoms. The first kappa shape index (κ1) is 15.3. The van der Waals surface area contributed by atoms with Gasteiger partial charge in [-0.15, -0.1) is 11.8 Å². The molecule has 0 fully saturated rings. The van der Waals surface area contributed by atoms with Gasteiger partial charge in [0.1, 0.15) is 11.1 Å².